The molecule has 0 bridgehead atoms. The van der Waals surface area contributed by atoms with E-state index in [-0.39, 0.29) is 6.54 Å². The summed E-state index contributed by atoms with van der Waals surface area (Å²) >= 11 is 0. The van der Waals surface area contributed by atoms with Crippen LogP contribution in [0, 0.1) is 0 Å². The molecule has 1 atom stereocenters. The summed E-state index contributed by atoms with van der Waals surface area (Å²) in [6.45, 7) is 3.51. The highest BCUT2D eigenvalue weighted by molar-refractivity contribution is 6.34. The molecule has 0 aromatic rings. The Kier molecular flexibility index (Phi) is 3.96. The average Bonchev–Trinajstić information content (AvgIpc) is 2.38. The van der Waals surface area contributed by atoms with Crippen LogP contribution >= 0.6 is 0 Å². The highest BCUT2D eigenvalue weighted by atomic mass is 16.3. The Hall–Kier alpha value is -1.14. The number of piperidine rings is 1. The third-order valence-electron chi connectivity index (χ3n) is 3.27. The van der Waals surface area contributed by atoms with Crippen molar-refractivity contribution in [3.05, 3.63) is 0 Å². The number of carbonyl (C=O) groups excluding carboxylic acids is 2. The third-order valence-corrected chi connectivity index (χ3v) is 3.27. The summed E-state index contributed by atoms with van der Waals surface area (Å²) in [5.41, 5.74) is 0. The van der Waals surface area contributed by atoms with Crippen molar-refractivity contribution < 1.29 is 14.7 Å². The van der Waals surface area contributed by atoms with E-state index in [0.717, 1.165) is 19.5 Å². The highest BCUT2D eigenvalue weighted by Crippen LogP contribution is 2.10. The number of rotatable bonds is 0. The summed E-state index contributed by atoms with van der Waals surface area (Å²) in [7, 11) is 0. The first-order chi connectivity index (χ1) is 8.18. The standard InChI is InChI=1S/C11H19N3O3/c15-9-2-1-5-14(8-9)11(17)10(16)13-6-3-12-4-7-13/h9,12,15H,1-8H2. The minimum Gasteiger partial charge on any atom is -0.391 e. The molecule has 17 heavy (non-hydrogen) atoms. The molecular weight excluding hydrogens is 222 g/mol. The minimum atomic E-state index is -0.483. The van der Waals surface area contributed by atoms with Crippen molar-refractivity contribution in [3.8, 4) is 0 Å². The van der Waals surface area contributed by atoms with Crippen LogP contribution in [0.5, 0.6) is 0 Å². The van der Waals surface area contributed by atoms with E-state index in [2.05, 4.69) is 5.32 Å². The summed E-state index contributed by atoms with van der Waals surface area (Å²) in [4.78, 5) is 26.9. The predicted molar refractivity (Wildman–Crippen MR) is 61.3 cm³/mol. The van der Waals surface area contributed by atoms with Gasteiger partial charge in [0.25, 0.3) is 0 Å². The van der Waals surface area contributed by atoms with Gasteiger partial charge in [0.05, 0.1) is 6.10 Å². The van der Waals surface area contributed by atoms with Gasteiger partial charge >= 0.3 is 11.8 Å². The van der Waals surface area contributed by atoms with Crippen LogP contribution < -0.4 is 5.32 Å². The Morgan fingerprint density at radius 3 is 2.35 bits per heavy atom. The molecule has 0 saturated carbocycles. The van der Waals surface area contributed by atoms with E-state index < -0.39 is 17.9 Å². The van der Waals surface area contributed by atoms with E-state index >= 15 is 0 Å². The predicted octanol–water partition coefficient (Wildman–Crippen LogP) is -1.60. The second-order valence-electron chi connectivity index (χ2n) is 4.59. The number of amides is 2. The van der Waals surface area contributed by atoms with Crippen molar-refractivity contribution >= 4 is 11.8 Å². The number of aliphatic hydroxyl groups is 1. The molecule has 2 rings (SSSR count). The molecule has 0 radical (unpaired) electrons. The fourth-order valence-electron chi connectivity index (χ4n) is 2.28. The van der Waals surface area contributed by atoms with Crippen LogP contribution in [0.3, 0.4) is 0 Å². The van der Waals surface area contributed by atoms with Crippen LogP contribution in [0.2, 0.25) is 0 Å². The minimum absolute atomic E-state index is 0.288. The van der Waals surface area contributed by atoms with Crippen molar-refractivity contribution in [1.29, 1.82) is 0 Å². The van der Waals surface area contributed by atoms with E-state index in [1.165, 1.54) is 4.90 Å². The van der Waals surface area contributed by atoms with Gasteiger partial charge in [-0.1, -0.05) is 0 Å². The molecule has 0 spiro atoms. The number of β-amino-alcohol motifs (C(OH)–C–C–N with tert-alkyl or cyclic N) is 1. The van der Waals surface area contributed by atoms with Crippen LogP contribution in [0.4, 0.5) is 0 Å². The fraction of sp³-hybridized carbons (Fsp3) is 0.818. The van der Waals surface area contributed by atoms with Gasteiger partial charge in [-0.15, -0.1) is 0 Å². The van der Waals surface area contributed by atoms with Crippen molar-refractivity contribution in [1.82, 2.24) is 15.1 Å². The van der Waals surface area contributed by atoms with Crippen LogP contribution in [0.15, 0.2) is 0 Å². The maximum absolute atomic E-state index is 11.9. The molecule has 6 heteroatoms. The van der Waals surface area contributed by atoms with Gasteiger partial charge in [0.15, 0.2) is 0 Å². The van der Waals surface area contributed by atoms with Gasteiger partial charge in [0, 0.05) is 39.3 Å². The normalized spacial score (nSPS) is 25.8. The largest absolute Gasteiger partial charge is 0.391 e. The molecule has 2 amide bonds. The molecule has 2 aliphatic rings. The van der Waals surface area contributed by atoms with E-state index in [9.17, 15) is 14.7 Å². The van der Waals surface area contributed by atoms with Gasteiger partial charge < -0.3 is 20.2 Å². The summed E-state index contributed by atoms with van der Waals surface area (Å²) in [5.74, 6) is -0.897. The zero-order chi connectivity index (χ0) is 12.3. The summed E-state index contributed by atoms with van der Waals surface area (Å²) in [6, 6.07) is 0. The van der Waals surface area contributed by atoms with Gasteiger partial charge in [-0.2, -0.15) is 0 Å². The zero-order valence-corrected chi connectivity index (χ0v) is 9.89. The SMILES string of the molecule is O=C(C(=O)N1CCCC(O)C1)N1CCNCC1. The molecule has 2 heterocycles. The van der Waals surface area contributed by atoms with E-state index in [0.29, 0.717) is 26.1 Å². The Bertz CT molecular complexity index is 302. The maximum Gasteiger partial charge on any atom is 0.312 e. The lowest BCUT2D eigenvalue weighted by Gasteiger charge is -2.33. The molecule has 0 aromatic heterocycles. The Morgan fingerprint density at radius 2 is 1.71 bits per heavy atom. The number of nitrogens with one attached hydrogen (secondary N) is 1. The smallest absolute Gasteiger partial charge is 0.312 e. The summed E-state index contributed by atoms with van der Waals surface area (Å²) < 4.78 is 0. The molecule has 6 nitrogen and oxygen atoms in total. The number of hydrogen-bond donors (Lipinski definition) is 2. The van der Waals surface area contributed by atoms with Gasteiger partial charge in [0.1, 0.15) is 0 Å². The van der Waals surface area contributed by atoms with E-state index in [1.807, 2.05) is 0 Å². The van der Waals surface area contributed by atoms with E-state index in [4.69, 9.17) is 0 Å². The lowest BCUT2D eigenvalue weighted by atomic mass is 10.1. The first-order valence-corrected chi connectivity index (χ1v) is 6.15. The molecule has 96 valence electrons. The molecule has 2 aliphatic heterocycles. The molecule has 1 unspecified atom stereocenters. The molecule has 0 aliphatic carbocycles. The topological polar surface area (TPSA) is 72.9 Å². The van der Waals surface area contributed by atoms with E-state index in [1.54, 1.807) is 4.90 Å². The van der Waals surface area contributed by atoms with Crippen LogP contribution in [0.1, 0.15) is 12.8 Å². The monoisotopic (exact) mass is 241 g/mol. The third kappa shape index (κ3) is 2.95. The van der Waals surface area contributed by atoms with Crippen molar-refractivity contribution in [2.24, 2.45) is 0 Å². The number of aliphatic hydroxyl groups excluding tert-OH is 1. The van der Waals surface area contributed by atoms with Crippen LogP contribution in [-0.4, -0.2) is 72.1 Å². The number of likely N-dealkylation sites (tertiary alicyclic amines) is 1. The molecule has 0 aromatic carbocycles. The first-order valence-electron chi connectivity index (χ1n) is 6.15. The van der Waals surface area contributed by atoms with Gasteiger partial charge in [-0.25, -0.2) is 0 Å². The first kappa shape index (κ1) is 12.3. The molecule has 2 N–H and O–H groups in total. The Labute approximate surface area is 101 Å². The summed E-state index contributed by atoms with van der Waals surface area (Å²) in [6.07, 6.45) is 0.997. The highest BCUT2D eigenvalue weighted by Gasteiger charge is 2.30. The molecule has 2 fully saturated rings. The fourth-order valence-corrected chi connectivity index (χ4v) is 2.28. The molecule has 2 saturated heterocycles. The van der Waals surface area contributed by atoms with Crippen molar-refractivity contribution in [3.63, 3.8) is 0 Å². The Morgan fingerprint density at radius 1 is 1.06 bits per heavy atom. The van der Waals surface area contributed by atoms with Gasteiger partial charge in [-0.3, -0.25) is 9.59 Å². The molecular formula is C11H19N3O3. The zero-order valence-electron chi connectivity index (χ0n) is 9.89. The second kappa shape index (κ2) is 5.46. The average molecular weight is 241 g/mol. The Balaban J connectivity index is 1.91. The second-order valence-corrected chi connectivity index (χ2v) is 4.59. The number of carbonyl (C=O) groups is 2. The lowest BCUT2D eigenvalue weighted by Crippen LogP contribution is -2.54. The number of hydrogen-bond acceptors (Lipinski definition) is 4. The van der Waals surface area contributed by atoms with Crippen molar-refractivity contribution in [2.45, 2.75) is 18.9 Å². The van der Waals surface area contributed by atoms with Gasteiger partial charge in [0.2, 0.25) is 0 Å². The number of piperazine rings is 1. The quantitative estimate of drug-likeness (QED) is 0.501. The maximum atomic E-state index is 11.9. The summed E-state index contributed by atoms with van der Waals surface area (Å²) in [5, 5.41) is 12.6. The van der Waals surface area contributed by atoms with Crippen LogP contribution in [-0.2, 0) is 9.59 Å². The number of nitrogens with zero attached hydrogens (tertiary/aromatic N) is 2. The van der Waals surface area contributed by atoms with Crippen LogP contribution in [0.25, 0.3) is 0 Å². The van der Waals surface area contributed by atoms with Gasteiger partial charge in [-0.05, 0) is 12.8 Å². The van der Waals surface area contributed by atoms with Crippen molar-refractivity contribution in [2.75, 3.05) is 39.3 Å². The lowest BCUT2D eigenvalue weighted by molar-refractivity contribution is -0.153.